The summed E-state index contributed by atoms with van der Waals surface area (Å²) in [6.07, 6.45) is 6.53. The highest BCUT2D eigenvalue weighted by Crippen LogP contribution is 2.35. The van der Waals surface area contributed by atoms with Crippen molar-refractivity contribution in [3.63, 3.8) is 0 Å². The second kappa shape index (κ2) is 10.2. The summed E-state index contributed by atoms with van der Waals surface area (Å²) in [5.41, 5.74) is 1.61. The molecule has 172 valence electrons. The Bertz CT molecular complexity index is 1080. The van der Waals surface area contributed by atoms with Crippen LogP contribution < -0.4 is 19.7 Å². The fourth-order valence-electron chi connectivity index (χ4n) is 3.90. The number of hydrogen-bond donors (Lipinski definition) is 1. The van der Waals surface area contributed by atoms with Gasteiger partial charge in [-0.25, -0.2) is 4.98 Å². The first-order chi connectivity index (χ1) is 16.0. The minimum Gasteiger partial charge on any atom is -0.497 e. The van der Waals surface area contributed by atoms with Crippen LogP contribution >= 0.6 is 0 Å². The van der Waals surface area contributed by atoms with Crippen LogP contribution in [-0.4, -0.2) is 42.7 Å². The van der Waals surface area contributed by atoms with E-state index < -0.39 is 6.61 Å². The zero-order valence-corrected chi connectivity index (χ0v) is 18.1. The highest BCUT2D eigenvalue weighted by Gasteiger charge is 2.27. The third-order valence-electron chi connectivity index (χ3n) is 5.53. The number of nitrogens with zero attached hydrogens (tertiary/aromatic N) is 3. The predicted molar refractivity (Wildman–Crippen MR) is 121 cm³/mol. The largest absolute Gasteiger partial charge is 0.497 e. The molecule has 3 aromatic rings. The van der Waals surface area contributed by atoms with Crippen molar-refractivity contribution >= 4 is 17.4 Å². The number of aromatic nitrogens is 2. The van der Waals surface area contributed by atoms with Gasteiger partial charge in [0, 0.05) is 36.7 Å². The van der Waals surface area contributed by atoms with E-state index in [-0.39, 0.29) is 17.6 Å². The molecule has 0 radical (unpaired) electrons. The fourth-order valence-corrected chi connectivity index (χ4v) is 3.90. The van der Waals surface area contributed by atoms with E-state index in [1.165, 1.54) is 6.07 Å². The minimum absolute atomic E-state index is 0.0275. The van der Waals surface area contributed by atoms with Gasteiger partial charge in [0.2, 0.25) is 5.91 Å². The van der Waals surface area contributed by atoms with Crippen LogP contribution in [-0.2, 0) is 4.79 Å². The topological polar surface area (TPSA) is 76.6 Å². The molecule has 0 aliphatic carbocycles. The number of amides is 1. The van der Waals surface area contributed by atoms with E-state index >= 15 is 0 Å². The van der Waals surface area contributed by atoms with E-state index in [0.29, 0.717) is 29.1 Å². The van der Waals surface area contributed by atoms with Gasteiger partial charge in [-0.1, -0.05) is 12.1 Å². The van der Waals surface area contributed by atoms with Crippen LogP contribution in [0.4, 0.5) is 20.3 Å². The van der Waals surface area contributed by atoms with Gasteiger partial charge in [0.05, 0.1) is 19.2 Å². The molecular formula is C24H24F2N4O3. The number of ether oxygens (including phenoxy) is 2. The molecule has 1 amide bonds. The average molecular weight is 454 g/mol. The number of methoxy groups -OCH3 is 1. The van der Waals surface area contributed by atoms with Crippen molar-refractivity contribution < 1.29 is 23.0 Å². The number of anilines is 2. The molecule has 4 rings (SSSR count). The van der Waals surface area contributed by atoms with Gasteiger partial charge in [-0.15, -0.1) is 0 Å². The van der Waals surface area contributed by atoms with Gasteiger partial charge in [-0.05, 0) is 48.7 Å². The summed E-state index contributed by atoms with van der Waals surface area (Å²) in [6, 6.07) is 11.6. The lowest BCUT2D eigenvalue weighted by molar-refractivity contribution is -0.120. The zero-order chi connectivity index (χ0) is 23.2. The first-order valence-electron chi connectivity index (χ1n) is 10.6. The molecule has 0 spiro atoms. The number of alkyl halides is 2. The number of benzene rings is 2. The quantitative estimate of drug-likeness (QED) is 0.562. The Morgan fingerprint density at radius 1 is 1.18 bits per heavy atom. The summed E-state index contributed by atoms with van der Waals surface area (Å²) in [7, 11) is 1.55. The highest BCUT2D eigenvalue weighted by atomic mass is 19.3. The number of carbonyl (C=O) groups excluding carboxylic acids is 1. The summed E-state index contributed by atoms with van der Waals surface area (Å²) in [6.45, 7) is -1.62. The molecule has 2 heterocycles. The number of rotatable bonds is 7. The van der Waals surface area contributed by atoms with Gasteiger partial charge in [0.1, 0.15) is 17.3 Å². The van der Waals surface area contributed by atoms with Gasteiger partial charge in [-0.2, -0.15) is 8.78 Å². The van der Waals surface area contributed by atoms with Crippen LogP contribution in [0.25, 0.3) is 11.1 Å². The smallest absolute Gasteiger partial charge is 0.387 e. The van der Waals surface area contributed by atoms with Gasteiger partial charge in [0.25, 0.3) is 0 Å². The number of nitrogens with one attached hydrogen (secondary N) is 1. The van der Waals surface area contributed by atoms with Crippen LogP contribution in [0.15, 0.2) is 61.1 Å². The Morgan fingerprint density at radius 2 is 2.00 bits per heavy atom. The molecule has 1 aliphatic rings. The van der Waals surface area contributed by atoms with Gasteiger partial charge >= 0.3 is 6.61 Å². The minimum atomic E-state index is -2.96. The van der Waals surface area contributed by atoms with E-state index in [0.717, 1.165) is 25.2 Å². The molecule has 0 bridgehead atoms. The normalized spacial score (nSPS) is 15.9. The molecule has 1 N–H and O–H groups in total. The Hall–Kier alpha value is -3.75. The monoisotopic (exact) mass is 454 g/mol. The van der Waals surface area contributed by atoms with Crippen molar-refractivity contribution in [1.82, 2.24) is 9.97 Å². The van der Waals surface area contributed by atoms with Crippen molar-refractivity contribution in [3.05, 3.63) is 61.1 Å². The third kappa shape index (κ3) is 5.54. The van der Waals surface area contributed by atoms with Crippen LogP contribution in [0.3, 0.4) is 0 Å². The Labute approximate surface area is 190 Å². The number of halogens is 2. The maximum Gasteiger partial charge on any atom is 0.387 e. The van der Waals surface area contributed by atoms with Gasteiger partial charge in [0.15, 0.2) is 0 Å². The zero-order valence-electron chi connectivity index (χ0n) is 18.1. The van der Waals surface area contributed by atoms with Crippen molar-refractivity contribution in [1.29, 1.82) is 0 Å². The molecule has 1 saturated heterocycles. The standard InChI is InChI=1S/C24H24F2N4O3/c1-32-19-7-4-16(5-8-19)20-13-18(6-9-21(20)33-24(25)26)29-23(31)17-3-2-12-30(15-17)22-14-27-10-11-28-22/h4-11,13-14,17,24H,2-3,12,15H2,1H3,(H,29,31). The van der Waals surface area contributed by atoms with Crippen molar-refractivity contribution in [3.8, 4) is 22.6 Å². The van der Waals surface area contributed by atoms with Crippen LogP contribution in [0.2, 0.25) is 0 Å². The highest BCUT2D eigenvalue weighted by molar-refractivity contribution is 5.94. The molecule has 1 aromatic heterocycles. The molecule has 0 saturated carbocycles. The molecular weight excluding hydrogens is 430 g/mol. The SMILES string of the molecule is COc1ccc(-c2cc(NC(=O)C3CCCN(c4cnccn4)C3)ccc2OC(F)F)cc1. The van der Waals surface area contributed by atoms with Crippen molar-refractivity contribution in [2.45, 2.75) is 19.5 Å². The molecule has 2 aromatic carbocycles. The number of hydrogen-bond acceptors (Lipinski definition) is 6. The summed E-state index contributed by atoms with van der Waals surface area (Å²) < 4.78 is 35.7. The maximum atomic E-state index is 13.0. The molecule has 33 heavy (non-hydrogen) atoms. The number of carbonyl (C=O) groups is 1. The van der Waals surface area contributed by atoms with E-state index in [1.807, 2.05) is 4.90 Å². The lowest BCUT2D eigenvalue weighted by atomic mass is 9.97. The maximum absolute atomic E-state index is 13.0. The summed E-state index contributed by atoms with van der Waals surface area (Å²) in [5, 5.41) is 2.93. The lowest BCUT2D eigenvalue weighted by Gasteiger charge is -2.32. The van der Waals surface area contributed by atoms with Crippen LogP contribution in [0.5, 0.6) is 11.5 Å². The van der Waals surface area contributed by atoms with E-state index in [2.05, 4.69) is 15.3 Å². The third-order valence-corrected chi connectivity index (χ3v) is 5.53. The molecule has 9 heteroatoms. The molecule has 1 fully saturated rings. The molecule has 1 atom stereocenters. The first-order valence-corrected chi connectivity index (χ1v) is 10.6. The van der Waals surface area contributed by atoms with E-state index in [4.69, 9.17) is 9.47 Å². The summed E-state index contributed by atoms with van der Waals surface area (Å²) in [5.74, 6) is 1.04. The average Bonchev–Trinajstić information content (AvgIpc) is 2.85. The van der Waals surface area contributed by atoms with Gasteiger partial charge in [-0.3, -0.25) is 9.78 Å². The van der Waals surface area contributed by atoms with Crippen molar-refractivity contribution in [2.24, 2.45) is 5.92 Å². The van der Waals surface area contributed by atoms with E-state index in [9.17, 15) is 13.6 Å². The Kier molecular flexibility index (Phi) is 6.97. The Balaban J connectivity index is 1.52. The summed E-state index contributed by atoms with van der Waals surface area (Å²) >= 11 is 0. The lowest BCUT2D eigenvalue weighted by Crippen LogP contribution is -2.41. The van der Waals surface area contributed by atoms with Gasteiger partial charge < -0.3 is 19.7 Å². The van der Waals surface area contributed by atoms with Crippen molar-refractivity contribution in [2.75, 3.05) is 30.4 Å². The molecule has 1 unspecified atom stereocenters. The predicted octanol–water partition coefficient (Wildman–Crippen LogP) is 4.61. The fraction of sp³-hybridized carbons (Fsp3) is 0.292. The van der Waals surface area contributed by atoms with E-state index in [1.54, 1.807) is 62.1 Å². The second-order valence-electron chi connectivity index (χ2n) is 7.66. The molecule has 1 aliphatic heterocycles. The van der Waals surface area contributed by atoms with Crippen LogP contribution in [0.1, 0.15) is 12.8 Å². The summed E-state index contributed by atoms with van der Waals surface area (Å²) in [4.78, 5) is 23.5. The first kappa shape index (κ1) is 22.4. The number of piperidine rings is 1. The Morgan fingerprint density at radius 3 is 2.70 bits per heavy atom. The molecule has 7 nitrogen and oxygen atoms in total. The second-order valence-corrected chi connectivity index (χ2v) is 7.66. The van der Waals surface area contributed by atoms with Crippen LogP contribution in [0, 0.1) is 5.92 Å².